The molecule has 0 fully saturated rings. The van der Waals surface area contributed by atoms with Crippen LogP contribution in [0.15, 0.2) is 42.5 Å². The number of Topliss-reactive ketones (excluding diaryl/α,β-unsaturated/α-hetero) is 1. The molecular weight excluding hydrogens is 288 g/mol. The lowest BCUT2D eigenvalue weighted by atomic mass is 9.95. The van der Waals surface area contributed by atoms with Gasteiger partial charge in [-0.2, -0.15) is 0 Å². The SMILES string of the molecule is COCc1cccc(C2CC(=O)c3cc(Cl)ccc3O2)c1. The van der Waals surface area contributed by atoms with Crippen molar-refractivity contribution in [1.29, 1.82) is 0 Å². The van der Waals surface area contributed by atoms with Crippen molar-refractivity contribution in [2.75, 3.05) is 7.11 Å². The zero-order valence-corrected chi connectivity index (χ0v) is 12.4. The van der Waals surface area contributed by atoms with Crippen molar-refractivity contribution in [3.05, 3.63) is 64.2 Å². The van der Waals surface area contributed by atoms with Gasteiger partial charge in [-0.05, 0) is 35.4 Å². The van der Waals surface area contributed by atoms with Crippen molar-refractivity contribution in [2.45, 2.75) is 19.1 Å². The maximum atomic E-state index is 12.3. The Hall–Kier alpha value is -1.84. The Morgan fingerprint density at radius 1 is 1.29 bits per heavy atom. The summed E-state index contributed by atoms with van der Waals surface area (Å²) in [6.07, 6.45) is 0.0621. The highest BCUT2D eigenvalue weighted by Gasteiger charge is 2.27. The molecule has 0 amide bonds. The highest BCUT2D eigenvalue weighted by Crippen LogP contribution is 2.36. The summed E-state index contributed by atoms with van der Waals surface area (Å²) in [5.74, 6) is 0.652. The minimum atomic E-state index is -0.261. The Balaban J connectivity index is 1.90. The van der Waals surface area contributed by atoms with Gasteiger partial charge in [-0.15, -0.1) is 0 Å². The molecule has 1 aliphatic heterocycles. The minimum Gasteiger partial charge on any atom is -0.484 e. The Morgan fingerprint density at radius 2 is 2.14 bits per heavy atom. The zero-order valence-electron chi connectivity index (χ0n) is 11.6. The number of carbonyl (C=O) groups is 1. The Bertz CT molecular complexity index is 681. The van der Waals surface area contributed by atoms with Crippen LogP contribution in [-0.4, -0.2) is 12.9 Å². The third-order valence-corrected chi connectivity index (χ3v) is 3.75. The van der Waals surface area contributed by atoms with Gasteiger partial charge in [0.15, 0.2) is 5.78 Å². The lowest BCUT2D eigenvalue weighted by Gasteiger charge is -2.26. The molecule has 0 saturated carbocycles. The van der Waals surface area contributed by atoms with Gasteiger partial charge in [0.05, 0.1) is 18.6 Å². The Kier molecular flexibility index (Phi) is 3.95. The molecule has 2 aromatic carbocycles. The van der Waals surface area contributed by atoms with E-state index in [-0.39, 0.29) is 11.9 Å². The average molecular weight is 303 g/mol. The summed E-state index contributed by atoms with van der Waals surface area (Å²) in [7, 11) is 1.66. The second-order valence-electron chi connectivity index (χ2n) is 5.05. The topological polar surface area (TPSA) is 35.5 Å². The molecule has 1 unspecified atom stereocenters. The molecule has 0 saturated heterocycles. The van der Waals surface area contributed by atoms with Crippen LogP contribution < -0.4 is 4.74 Å². The lowest BCUT2D eigenvalue weighted by Crippen LogP contribution is -2.20. The Labute approximate surface area is 128 Å². The number of fused-ring (bicyclic) bond motifs is 1. The van der Waals surface area contributed by atoms with Crippen molar-refractivity contribution in [3.8, 4) is 5.75 Å². The second kappa shape index (κ2) is 5.88. The van der Waals surface area contributed by atoms with E-state index in [0.717, 1.165) is 11.1 Å². The number of methoxy groups -OCH3 is 1. The third-order valence-electron chi connectivity index (χ3n) is 3.52. The fourth-order valence-corrected chi connectivity index (χ4v) is 2.70. The summed E-state index contributed by atoms with van der Waals surface area (Å²) in [6, 6.07) is 13.1. The monoisotopic (exact) mass is 302 g/mol. The number of hydrogen-bond donors (Lipinski definition) is 0. The number of ether oxygens (including phenoxy) is 2. The smallest absolute Gasteiger partial charge is 0.170 e. The largest absolute Gasteiger partial charge is 0.484 e. The third kappa shape index (κ3) is 2.94. The molecule has 0 bridgehead atoms. The van der Waals surface area contributed by atoms with E-state index in [1.54, 1.807) is 25.3 Å². The van der Waals surface area contributed by atoms with Crippen molar-refractivity contribution < 1.29 is 14.3 Å². The van der Waals surface area contributed by atoms with E-state index in [0.29, 0.717) is 29.4 Å². The molecule has 0 N–H and O–H groups in total. The molecule has 1 atom stereocenters. The fraction of sp³-hybridized carbons (Fsp3) is 0.235. The van der Waals surface area contributed by atoms with Crippen molar-refractivity contribution in [2.24, 2.45) is 0 Å². The van der Waals surface area contributed by atoms with Crippen LogP contribution in [0.25, 0.3) is 0 Å². The van der Waals surface area contributed by atoms with Crippen LogP contribution in [-0.2, 0) is 11.3 Å². The molecule has 21 heavy (non-hydrogen) atoms. The summed E-state index contributed by atoms with van der Waals surface area (Å²) in [6.45, 7) is 0.542. The summed E-state index contributed by atoms with van der Waals surface area (Å²) in [5, 5.41) is 0.547. The molecule has 3 rings (SSSR count). The highest BCUT2D eigenvalue weighted by molar-refractivity contribution is 6.31. The minimum absolute atomic E-state index is 0.0564. The summed E-state index contributed by atoms with van der Waals surface area (Å²) in [5.41, 5.74) is 2.61. The number of carbonyl (C=O) groups excluding carboxylic acids is 1. The summed E-state index contributed by atoms with van der Waals surface area (Å²) >= 11 is 5.93. The van der Waals surface area contributed by atoms with Crippen LogP contribution in [0.2, 0.25) is 5.02 Å². The van der Waals surface area contributed by atoms with E-state index in [1.807, 2.05) is 24.3 Å². The summed E-state index contributed by atoms with van der Waals surface area (Å²) < 4.78 is 11.1. The molecule has 2 aromatic rings. The zero-order chi connectivity index (χ0) is 14.8. The number of hydrogen-bond acceptors (Lipinski definition) is 3. The van der Waals surface area contributed by atoms with Crippen LogP contribution in [0.5, 0.6) is 5.75 Å². The van der Waals surface area contributed by atoms with Crippen LogP contribution in [0.1, 0.15) is 34.0 Å². The number of halogens is 1. The van der Waals surface area contributed by atoms with Crippen molar-refractivity contribution in [1.82, 2.24) is 0 Å². The maximum absolute atomic E-state index is 12.3. The first-order valence-corrected chi connectivity index (χ1v) is 7.12. The highest BCUT2D eigenvalue weighted by atomic mass is 35.5. The molecule has 0 aliphatic carbocycles. The molecule has 4 heteroatoms. The first kappa shape index (κ1) is 14.1. The lowest BCUT2D eigenvalue weighted by molar-refractivity contribution is 0.0850. The van der Waals surface area contributed by atoms with Gasteiger partial charge in [0.1, 0.15) is 11.9 Å². The van der Waals surface area contributed by atoms with Crippen LogP contribution >= 0.6 is 11.6 Å². The Morgan fingerprint density at radius 3 is 2.95 bits per heavy atom. The molecule has 1 heterocycles. The molecule has 0 spiro atoms. The fourth-order valence-electron chi connectivity index (χ4n) is 2.53. The van der Waals surface area contributed by atoms with E-state index in [9.17, 15) is 4.79 Å². The predicted octanol–water partition coefficient (Wildman–Crippen LogP) is 4.19. The number of ketones is 1. The van der Waals surface area contributed by atoms with Crippen LogP contribution in [0.3, 0.4) is 0 Å². The van der Waals surface area contributed by atoms with Gasteiger partial charge in [0.2, 0.25) is 0 Å². The van der Waals surface area contributed by atoms with Gasteiger partial charge in [0.25, 0.3) is 0 Å². The van der Waals surface area contributed by atoms with E-state index in [1.165, 1.54) is 0 Å². The van der Waals surface area contributed by atoms with Crippen molar-refractivity contribution in [3.63, 3.8) is 0 Å². The van der Waals surface area contributed by atoms with Gasteiger partial charge in [-0.1, -0.05) is 29.8 Å². The maximum Gasteiger partial charge on any atom is 0.170 e. The van der Waals surface area contributed by atoms with Crippen LogP contribution in [0, 0.1) is 0 Å². The normalized spacial score (nSPS) is 17.2. The van der Waals surface area contributed by atoms with E-state index in [2.05, 4.69) is 0 Å². The first-order valence-electron chi connectivity index (χ1n) is 6.74. The van der Waals surface area contributed by atoms with Crippen LogP contribution in [0.4, 0.5) is 0 Å². The second-order valence-corrected chi connectivity index (χ2v) is 5.49. The van der Waals surface area contributed by atoms with E-state index < -0.39 is 0 Å². The molecular formula is C17H15ClO3. The number of rotatable bonds is 3. The summed E-state index contributed by atoms with van der Waals surface area (Å²) in [4.78, 5) is 12.3. The molecule has 3 nitrogen and oxygen atoms in total. The quantitative estimate of drug-likeness (QED) is 0.852. The molecule has 0 aromatic heterocycles. The molecule has 108 valence electrons. The van der Waals surface area contributed by atoms with E-state index in [4.69, 9.17) is 21.1 Å². The van der Waals surface area contributed by atoms with Gasteiger partial charge in [0, 0.05) is 12.1 Å². The molecule has 1 aliphatic rings. The average Bonchev–Trinajstić information content (AvgIpc) is 2.48. The van der Waals surface area contributed by atoms with Gasteiger partial charge >= 0.3 is 0 Å². The van der Waals surface area contributed by atoms with Crippen molar-refractivity contribution >= 4 is 17.4 Å². The first-order chi connectivity index (χ1) is 10.2. The number of benzene rings is 2. The molecule has 0 radical (unpaired) electrons. The standard InChI is InChI=1S/C17H15ClO3/c1-20-10-11-3-2-4-12(7-11)17-9-15(19)14-8-13(18)5-6-16(14)21-17/h2-8,17H,9-10H2,1H3. The van der Waals surface area contributed by atoms with Gasteiger partial charge < -0.3 is 9.47 Å². The van der Waals surface area contributed by atoms with Gasteiger partial charge in [-0.25, -0.2) is 0 Å². The van der Waals surface area contributed by atoms with Gasteiger partial charge in [-0.3, -0.25) is 4.79 Å². The van der Waals surface area contributed by atoms with E-state index >= 15 is 0 Å². The predicted molar refractivity (Wildman–Crippen MR) is 80.9 cm³/mol.